The summed E-state index contributed by atoms with van der Waals surface area (Å²) in [6, 6.07) is 17.4. The molecule has 3 aromatic rings. The van der Waals surface area contributed by atoms with Crippen LogP contribution < -0.4 is 9.62 Å². The minimum Gasteiger partial charge on any atom is -0.354 e. The van der Waals surface area contributed by atoms with Crippen LogP contribution in [0.3, 0.4) is 0 Å². The largest absolute Gasteiger partial charge is 0.354 e. The number of nitrogens with one attached hydrogen (secondary N) is 1. The van der Waals surface area contributed by atoms with Crippen molar-refractivity contribution in [1.29, 1.82) is 0 Å². The maximum atomic E-state index is 14.0. The number of anilines is 1. The average Bonchev–Trinajstić information content (AvgIpc) is 2.91. The Morgan fingerprint density at radius 3 is 2.15 bits per heavy atom. The van der Waals surface area contributed by atoms with E-state index in [1.54, 1.807) is 19.1 Å². The van der Waals surface area contributed by atoms with E-state index >= 15 is 0 Å². The Bertz CT molecular complexity index is 1460. The predicted molar refractivity (Wildman–Crippen MR) is 161 cm³/mol. The molecule has 1 unspecified atom stereocenters. The lowest BCUT2D eigenvalue weighted by molar-refractivity contribution is -0.139. The van der Waals surface area contributed by atoms with Gasteiger partial charge in [0, 0.05) is 13.1 Å². The Kier molecular flexibility index (Phi) is 10.6. The molecule has 0 aliphatic heterocycles. The number of benzene rings is 3. The first-order chi connectivity index (χ1) is 18.8. The molecule has 3 rings (SSSR count). The highest BCUT2D eigenvalue weighted by Gasteiger charge is 2.33. The molecular weight excluding hydrogens is 569 g/mol. The zero-order valence-corrected chi connectivity index (χ0v) is 25.6. The Labute approximate surface area is 247 Å². The third kappa shape index (κ3) is 7.77. The van der Waals surface area contributed by atoms with Crippen LogP contribution in [-0.2, 0) is 26.2 Å². The van der Waals surface area contributed by atoms with Crippen LogP contribution in [0.5, 0.6) is 0 Å². The van der Waals surface area contributed by atoms with Gasteiger partial charge >= 0.3 is 0 Å². The molecule has 2 amide bonds. The van der Waals surface area contributed by atoms with Crippen LogP contribution in [0.2, 0.25) is 10.0 Å². The summed E-state index contributed by atoms with van der Waals surface area (Å²) in [5.74, 6) is -0.642. The normalized spacial score (nSPS) is 12.2. The number of aryl methyl sites for hydroxylation is 2. The molecule has 0 fully saturated rings. The predicted octanol–water partition coefficient (Wildman–Crippen LogP) is 6.00. The maximum absolute atomic E-state index is 14.0. The van der Waals surface area contributed by atoms with Crippen molar-refractivity contribution in [1.82, 2.24) is 10.2 Å². The second kappa shape index (κ2) is 13.5. The molecule has 0 spiro atoms. The van der Waals surface area contributed by atoms with Gasteiger partial charge in [0.05, 0.1) is 20.6 Å². The zero-order valence-electron chi connectivity index (χ0n) is 23.3. The fourth-order valence-electron chi connectivity index (χ4n) is 4.01. The van der Waals surface area contributed by atoms with Gasteiger partial charge in [0.1, 0.15) is 12.6 Å². The Morgan fingerprint density at radius 1 is 0.900 bits per heavy atom. The van der Waals surface area contributed by atoms with Crippen molar-refractivity contribution in [2.24, 2.45) is 5.92 Å². The first-order valence-corrected chi connectivity index (χ1v) is 15.2. The molecule has 0 saturated heterocycles. The maximum Gasteiger partial charge on any atom is 0.264 e. The van der Waals surface area contributed by atoms with Gasteiger partial charge in [-0.15, -0.1) is 0 Å². The van der Waals surface area contributed by atoms with Gasteiger partial charge in [-0.2, -0.15) is 0 Å². The Hall–Kier alpha value is -3.07. The quantitative estimate of drug-likeness (QED) is 0.291. The average molecular weight is 605 g/mol. The van der Waals surface area contributed by atoms with Crippen molar-refractivity contribution < 1.29 is 18.0 Å². The lowest BCUT2D eigenvalue weighted by Gasteiger charge is -2.32. The third-order valence-corrected chi connectivity index (χ3v) is 9.06. The van der Waals surface area contributed by atoms with Crippen molar-refractivity contribution >= 4 is 50.7 Å². The van der Waals surface area contributed by atoms with E-state index in [1.165, 1.54) is 35.2 Å². The fraction of sp³-hybridized carbons (Fsp3) is 0.333. The summed E-state index contributed by atoms with van der Waals surface area (Å²) >= 11 is 12.4. The number of hydrogen-bond acceptors (Lipinski definition) is 4. The van der Waals surface area contributed by atoms with E-state index in [2.05, 4.69) is 5.32 Å². The number of sulfonamides is 1. The molecule has 10 heteroatoms. The molecule has 1 atom stereocenters. The van der Waals surface area contributed by atoms with E-state index in [4.69, 9.17) is 23.2 Å². The summed E-state index contributed by atoms with van der Waals surface area (Å²) in [4.78, 5) is 28.5. The van der Waals surface area contributed by atoms with Crippen LogP contribution in [-0.4, -0.2) is 44.3 Å². The summed E-state index contributed by atoms with van der Waals surface area (Å²) in [7, 11) is -4.19. The van der Waals surface area contributed by atoms with Crippen molar-refractivity contribution in [3.8, 4) is 0 Å². The fourth-order valence-corrected chi connectivity index (χ4v) is 5.71. The van der Waals surface area contributed by atoms with Crippen molar-refractivity contribution in [3.63, 3.8) is 0 Å². The number of hydrogen-bond donors (Lipinski definition) is 1. The zero-order chi connectivity index (χ0) is 29.6. The van der Waals surface area contributed by atoms with Crippen LogP contribution in [0.4, 0.5) is 5.69 Å². The number of nitrogens with zero attached hydrogens (tertiary/aromatic N) is 2. The van der Waals surface area contributed by atoms with Gasteiger partial charge in [-0.05, 0) is 68.1 Å². The van der Waals surface area contributed by atoms with E-state index < -0.39 is 28.5 Å². The summed E-state index contributed by atoms with van der Waals surface area (Å²) in [5.41, 5.74) is 2.86. The van der Waals surface area contributed by atoms with Crippen LogP contribution in [0.25, 0.3) is 0 Å². The van der Waals surface area contributed by atoms with Crippen molar-refractivity contribution in [3.05, 3.63) is 93.5 Å². The highest BCUT2D eigenvalue weighted by molar-refractivity contribution is 7.92. The lowest BCUT2D eigenvalue weighted by atomic mass is 10.1. The first-order valence-electron chi connectivity index (χ1n) is 13.0. The second-order valence-corrected chi connectivity index (χ2v) is 12.9. The Morgan fingerprint density at radius 2 is 1.55 bits per heavy atom. The van der Waals surface area contributed by atoms with Gasteiger partial charge in [0.15, 0.2) is 0 Å². The van der Waals surface area contributed by atoms with Gasteiger partial charge in [0.2, 0.25) is 11.8 Å². The molecule has 0 saturated carbocycles. The number of amides is 2. The molecule has 0 aromatic heterocycles. The summed E-state index contributed by atoms with van der Waals surface area (Å²) in [5, 5.41) is 3.28. The minimum absolute atomic E-state index is 0.0187. The number of carbonyl (C=O) groups is 2. The highest BCUT2D eigenvalue weighted by Crippen LogP contribution is 2.31. The van der Waals surface area contributed by atoms with E-state index in [-0.39, 0.29) is 39.0 Å². The summed E-state index contributed by atoms with van der Waals surface area (Å²) in [6.07, 6.45) is 0. The van der Waals surface area contributed by atoms with Gasteiger partial charge in [-0.1, -0.05) is 79.0 Å². The molecule has 3 aromatic carbocycles. The molecule has 40 heavy (non-hydrogen) atoms. The third-order valence-electron chi connectivity index (χ3n) is 6.53. The van der Waals surface area contributed by atoms with E-state index in [9.17, 15) is 18.0 Å². The second-order valence-electron chi connectivity index (χ2n) is 10.2. The highest BCUT2D eigenvalue weighted by atomic mass is 35.5. The van der Waals surface area contributed by atoms with Crippen molar-refractivity contribution in [2.45, 2.75) is 52.1 Å². The number of rotatable bonds is 11. The molecule has 0 aliphatic rings. The van der Waals surface area contributed by atoms with Gasteiger partial charge in [-0.25, -0.2) is 8.42 Å². The molecule has 7 nitrogen and oxygen atoms in total. The SMILES string of the molecule is Cc1ccc(S(=O)(=O)N(CC(=O)N(Cc2ccccc2C)C(C)C(=O)NCC(C)C)c2ccc(Cl)c(Cl)c2)cc1. The molecule has 0 heterocycles. The molecule has 0 radical (unpaired) electrons. The van der Waals surface area contributed by atoms with E-state index in [0.29, 0.717) is 6.54 Å². The minimum atomic E-state index is -4.19. The van der Waals surface area contributed by atoms with Crippen LogP contribution in [0.15, 0.2) is 71.6 Å². The first kappa shape index (κ1) is 31.5. The van der Waals surface area contributed by atoms with Crippen molar-refractivity contribution in [2.75, 3.05) is 17.4 Å². The standard InChI is InChI=1S/C30H35Cl2N3O4S/c1-20(2)17-33-30(37)23(5)34(18-24-9-7-6-8-22(24)4)29(36)19-35(25-12-15-27(31)28(32)16-25)40(38,39)26-13-10-21(3)11-14-26/h6-16,20,23H,17-19H2,1-5H3,(H,33,37). The van der Waals surface area contributed by atoms with Crippen LogP contribution in [0.1, 0.15) is 37.5 Å². The topological polar surface area (TPSA) is 86.8 Å². The number of carbonyl (C=O) groups excluding carboxylic acids is 2. The molecule has 214 valence electrons. The molecule has 0 aliphatic carbocycles. The molecular formula is C30H35Cl2N3O4S. The summed E-state index contributed by atoms with van der Waals surface area (Å²) < 4.78 is 28.8. The van der Waals surface area contributed by atoms with Crippen LogP contribution in [0, 0.1) is 19.8 Å². The smallest absolute Gasteiger partial charge is 0.264 e. The molecule has 1 N–H and O–H groups in total. The van der Waals surface area contributed by atoms with Gasteiger partial charge < -0.3 is 10.2 Å². The van der Waals surface area contributed by atoms with E-state index in [0.717, 1.165) is 21.0 Å². The Balaban J connectivity index is 2.05. The molecule has 0 bridgehead atoms. The van der Waals surface area contributed by atoms with E-state index in [1.807, 2.05) is 52.0 Å². The number of halogens is 2. The van der Waals surface area contributed by atoms with Gasteiger partial charge in [0.25, 0.3) is 10.0 Å². The summed E-state index contributed by atoms with van der Waals surface area (Å²) in [6.45, 7) is 9.40. The van der Waals surface area contributed by atoms with Crippen LogP contribution >= 0.6 is 23.2 Å². The monoisotopic (exact) mass is 603 g/mol. The lowest BCUT2D eigenvalue weighted by Crippen LogP contribution is -2.51. The van der Waals surface area contributed by atoms with Gasteiger partial charge in [-0.3, -0.25) is 13.9 Å².